The molecule has 0 unspecified atom stereocenters. The second-order valence-electron chi connectivity index (χ2n) is 8.22. The molecule has 1 saturated heterocycles. The molecule has 0 radical (unpaired) electrons. The Morgan fingerprint density at radius 2 is 2.13 bits per heavy atom. The fraction of sp³-hybridized carbons (Fsp3) is 0.227. The molecule has 38 heavy (non-hydrogen) atoms. The van der Waals surface area contributed by atoms with Crippen LogP contribution in [0.3, 0.4) is 0 Å². The number of aliphatic carboxylic acids is 1. The Balaban J connectivity index is 1.39. The van der Waals surface area contributed by atoms with Gasteiger partial charge in [0.15, 0.2) is 10.8 Å². The van der Waals surface area contributed by atoms with Crippen LogP contribution in [0, 0.1) is 0 Å². The molecular formula is C22H20N7O7S2+. The Morgan fingerprint density at radius 1 is 1.34 bits per heavy atom. The average molecular weight is 559 g/mol. The minimum absolute atomic E-state index is 0.0208. The van der Waals surface area contributed by atoms with E-state index in [4.69, 9.17) is 10.6 Å². The zero-order chi connectivity index (χ0) is 27.1. The van der Waals surface area contributed by atoms with Gasteiger partial charge in [0.2, 0.25) is 5.52 Å². The molecule has 2 aliphatic rings. The van der Waals surface area contributed by atoms with Gasteiger partial charge in [0.25, 0.3) is 11.8 Å². The zero-order valence-corrected chi connectivity index (χ0v) is 21.2. The van der Waals surface area contributed by atoms with Gasteiger partial charge in [0, 0.05) is 29.7 Å². The number of nitrogens with one attached hydrogen (secondary N) is 2. The predicted molar refractivity (Wildman–Crippen MR) is 134 cm³/mol. The maximum absolute atomic E-state index is 13.1. The van der Waals surface area contributed by atoms with E-state index < -0.39 is 35.2 Å². The first-order chi connectivity index (χ1) is 18.2. The number of carboxylic acid groups (broad SMARTS) is 2. The van der Waals surface area contributed by atoms with E-state index in [2.05, 4.69) is 20.6 Å². The van der Waals surface area contributed by atoms with Gasteiger partial charge in [0.05, 0.1) is 11.8 Å². The van der Waals surface area contributed by atoms with Crippen LogP contribution in [0.15, 0.2) is 46.2 Å². The predicted octanol–water partition coefficient (Wildman–Crippen LogP) is -0.178. The van der Waals surface area contributed by atoms with E-state index in [0.29, 0.717) is 16.7 Å². The fourth-order valence-corrected chi connectivity index (χ4v) is 6.27. The summed E-state index contributed by atoms with van der Waals surface area (Å²) in [6.45, 7) is 0. The third-order valence-corrected chi connectivity index (χ3v) is 8.02. The highest BCUT2D eigenvalue weighted by Crippen LogP contribution is 2.41. The van der Waals surface area contributed by atoms with Crippen LogP contribution in [-0.4, -0.2) is 78.9 Å². The van der Waals surface area contributed by atoms with Gasteiger partial charge in [-0.05, 0) is 11.6 Å². The molecule has 0 spiro atoms. The van der Waals surface area contributed by atoms with Gasteiger partial charge in [-0.1, -0.05) is 9.67 Å². The number of oxime groups is 1. The number of rotatable bonds is 8. The lowest BCUT2D eigenvalue weighted by Gasteiger charge is -2.49. The lowest BCUT2D eigenvalue weighted by Crippen LogP contribution is -2.71. The third kappa shape index (κ3) is 4.22. The summed E-state index contributed by atoms with van der Waals surface area (Å²) >= 11 is 2.42. The summed E-state index contributed by atoms with van der Waals surface area (Å²) in [7, 11) is 1.26. The number of anilines is 1. The van der Waals surface area contributed by atoms with Gasteiger partial charge >= 0.3 is 17.6 Å². The van der Waals surface area contributed by atoms with Crippen LogP contribution in [0.5, 0.6) is 0 Å². The first-order valence-corrected chi connectivity index (χ1v) is 12.9. The highest BCUT2D eigenvalue weighted by Gasteiger charge is 2.54. The summed E-state index contributed by atoms with van der Waals surface area (Å²) in [6, 6.07) is 3.77. The van der Waals surface area contributed by atoms with Gasteiger partial charge in [-0.25, -0.2) is 14.6 Å². The van der Waals surface area contributed by atoms with Gasteiger partial charge in [-0.2, -0.15) is 5.10 Å². The summed E-state index contributed by atoms with van der Waals surface area (Å²) in [6.07, 6.45) is 1.78. The van der Waals surface area contributed by atoms with E-state index in [1.165, 1.54) is 34.8 Å². The fourth-order valence-electron chi connectivity index (χ4n) is 4.37. The van der Waals surface area contributed by atoms with Crippen molar-refractivity contribution >= 4 is 63.2 Å². The van der Waals surface area contributed by atoms with Crippen molar-refractivity contribution in [2.24, 2.45) is 5.16 Å². The summed E-state index contributed by atoms with van der Waals surface area (Å²) in [5, 5.41) is 29.7. The molecule has 5 heterocycles. The SMILES string of the molecule is CO/N=C(\C(=O)N[C@@H]1C(=O)N2C(C(=O)O)=C(Cc3c[nH][n+]4c(C(=O)O)cccc34)CS[C@@H]12)c1csc(N)n1. The molecule has 2 aliphatic heterocycles. The highest BCUT2D eigenvalue weighted by atomic mass is 32.2. The van der Waals surface area contributed by atoms with Crippen molar-refractivity contribution < 1.29 is 38.7 Å². The van der Waals surface area contributed by atoms with Crippen molar-refractivity contribution in [1.29, 1.82) is 0 Å². The molecule has 196 valence electrons. The van der Waals surface area contributed by atoms with Crippen molar-refractivity contribution in [3.8, 4) is 0 Å². The summed E-state index contributed by atoms with van der Waals surface area (Å²) in [5.41, 5.74) is 7.25. The van der Waals surface area contributed by atoms with Gasteiger partial charge < -0.3 is 26.1 Å². The third-order valence-electron chi connectivity index (χ3n) is 6.01. The summed E-state index contributed by atoms with van der Waals surface area (Å²) in [5.74, 6) is -3.41. The first kappa shape index (κ1) is 25.2. The minimum atomic E-state index is -1.28. The number of H-pyrrole nitrogens is 1. The van der Waals surface area contributed by atoms with E-state index in [-0.39, 0.29) is 40.1 Å². The lowest BCUT2D eigenvalue weighted by molar-refractivity contribution is -0.579. The second-order valence-corrected chi connectivity index (χ2v) is 10.2. The number of pyridine rings is 1. The van der Waals surface area contributed by atoms with Crippen molar-refractivity contribution in [3.05, 3.63) is 58.0 Å². The molecule has 6 N–H and O–H groups in total. The van der Waals surface area contributed by atoms with Crippen LogP contribution < -0.4 is 15.6 Å². The molecule has 2 atom stereocenters. The largest absolute Gasteiger partial charge is 0.477 e. The average Bonchev–Trinajstić information content (AvgIpc) is 3.51. The molecule has 3 aromatic heterocycles. The molecular weight excluding hydrogens is 538 g/mol. The molecule has 14 nitrogen and oxygen atoms in total. The summed E-state index contributed by atoms with van der Waals surface area (Å²) < 4.78 is 1.40. The van der Waals surface area contributed by atoms with Crippen molar-refractivity contribution in [2.45, 2.75) is 17.8 Å². The number of carboxylic acids is 2. The number of carbonyl (C=O) groups excluding carboxylic acids is 2. The number of thioether (sulfide) groups is 1. The number of amides is 2. The highest BCUT2D eigenvalue weighted by molar-refractivity contribution is 8.00. The number of hydrogen-bond donors (Lipinski definition) is 5. The minimum Gasteiger partial charge on any atom is -0.477 e. The van der Waals surface area contributed by atoms with E-state index in [1.807, 2.05) is 0 Å². The van der Waals surface area contributed by atoms with Gasteiger partial charge in [-0.3, -0.25) is 14.5 Å². The maximum atomic E-state index is 13.1. The van der Waals surface area contributed by atoms with Crippen molar-refractivity contribution in [3.63, 3.8) is 0 Å². The molecule has 2 amide bonds. The number of aromatic amines is 1. The topological polar surface area (TPSA) is 204 Å². The number of nitrogen functional groups attached to an aromatic ring is 1. The van der Waals surface area contributed by atoms with Gasteiger partial charge in [0.1, 0.15) is 29.9 Å². The standard InChI is InChI=1S/C22H19N7O7S2/c1-36-27-14(11-8-38-22(23)25-11)17(30)26-15-18(31)28-16(21(34)35)10(7-37-19(15)28)5-9-6-24-29-12(9)3-2-4-13(29)20(32)33/h2-4,6,8,15,19H,5,7H2,1H3,(H5,23,25,26,30,32,33,34,35)/p+1/b27-14-/t15-,19+/m1/s1. The van der Waals surface area contributed by atoms with E-state index in [1.54, 1.807) is 18.3 Å². The molecule has 16 heteroatoms. The zero-order valence-electron chi connectivity index (χ0n) is 19.6. The molecule has 3 aromatic rings. The quantitative estimate of drug-likeness (QED) is 0.107. The number of aromatic carboxylic acids is 1. The van der Waals surface area contributed by atoms with Crippen LogP contribution in [0.2, 0.25) is 0 Å². The Hall–Kier alpha value is -4.44. The number of fused-ring (bicyclic) bond motifs is 2. The molecule has 0 aliphatic carbocycles. The van der Waals surface area contributed by atoms with Crippen LogP contribution in [-0.2, 0) is 25.6 Å². The van der Waals surface area contributed by atoms with Crippen molar-refractivity contribution in [1.82, 2.24) is 20.3 Å². The molecule has 1 fully saturated rings. The molecule has 0 bridgehead atoms. The van der Waals surface area contributed by atoms with Crippen LogP contribution >= 0.6 is 23.1 Å². The Kier molecular flexibility index (Phi) is 6.50. The van der Waals surface area contributed by atoms with Crippen molar-refractivity contribution in [2.75, 3.05) is 18.6 Å². The number of aromatic nitrogens is 3. The number of carbonyl (C=O) groups is 4. The number of nitrogens with two attached hydrogens (primary N) is 1. The number of β-lactam (4-membered cyclic amide) rings is 1. The molecule has 5 rings (SSSR count). The number of thiazole rings is 1. The number of hydrogen-bond acceptors (Lipinski definition) is 10. The van der Waals surface area contributed by atoms with E-state index in [9.17, 15) is 29.4 Å². The first-order valence-electron chi connectivity index (χ1n) is 11.0. The van der Waals surface area contributed by atoms with E-state index >= 15 is 0 Å². The van der Waals surface area contributed by atoms with Crippen LogP contribution in [0.25, 0.3) is 5.52 Å². The molecule has 0 aromatic carbocycles. The van der Waals surface area contributed by atoms with Crippen LogP contribution in [0.1, 0.15) is 21.7 Å². The molecule has 0 saturated carbocycles. The van der Waals surface area contributed by atoms with Crippen LogP contribution in [0.4, 0.5) is 5.13 Å². The Labute approximate surface area is 221 Å². The van der Waals surface area contributed by atoms with E-state index in [0.717, 1.165) is 16.2 Å². The lowest BCUT2D eigenvalue weighted by atomic mass is 9.99. The monoisotopic (exact) mass is 558 g/mol. The van der Waals surface area contributed by atoms with Gasteiger partial charge in [-0.15, -0.1) is 23.1 Å². The normalized spacial score (nSPS) is 19.2. The Morgan fingerprint density at radius 3 is 2.79 bits per heavy atom. The smallest absolute Gasteiger partial charge is 0.404 e. The maximum Gasteiger partial charge on any atom is 0.404 e. The second kappa shape index (κ2) is 9.79. The Bertz CT molecular complexity index is 1560. The number of nitrogens with zero attached hydrogens (tertiary/aromatic N) is 4. The summed E-state index contributed by atoms with van der Waals surface area (Å²) in [4.78, 5) is 59.7.